The zero-order valence-corrected chi connectivity index (χ0v) is 19.5. The van der Waals surface area contributed by atoms with E-state index in [1.807, 2.05) is 48.2 Å². The summed E-state index contributed by atoms with van der Waals surface area (Å²) in [7, 11) is 0. The Kier molecular flexibility index (Phi) is 6.34. The van der Waals surface area contributed by atoms with Crippen molar-refractivity contribution >= 4 is 27.5 Å². The largest absolute Gasteiger partial charge is 0.508 e. The van der Waals surface area contributed by atoms with Gasteiger partial charge in [-0.3, -0.25) is 15.1 Å². The van der Waals surface area contributed by atoms with E-state index in [0.717, 1.165) is 39.9 Å². The fourth-order valence-electron chi connectivity index (χ4n) is 4.44. The first-order valence-electron chi connectivity index (χ1n) is 10.7. The van der Waals surface area contributed by atoms with Crippen molar-refractivity contribution in [1.29, 1.82) is 0 Å². The van der Waals surface area contributed by atoms with E-state index in [-0.39, 0.29) is 17.7 Å². The van der Waals surface area contributed by atoms with Gasteiger partial charge in [-0.2, -0.15) is 0 Å². The summed E-state index contributed by atoms with van der Waals surface area (Å²) >= 11 is 3.53. The average molecular weight is 486 g/mol. The summed E-state index contributed by atoms with van der Waals surface area (Å²) in [4.78, 5) is 18.9. The van der Waals surface area contributed by atoms with E-state index in [1.54, 1.807) is 13.0 Å². The van der Waals surface area contributed by atoms with Crippen molar-refractivity contribution in [3.8, 4) is 11.5 Å². The molecular weight excluding hydrogens is 458 g/mol. The number of phenolic OH excluding ortho intramolecular Hbond substituents is 1. The number of hydrogen-bond donors (Lipinski definition) is 2. The molecule has 1 fully saturated rings. The highest BCUT2D eigenvalue weighted by Gasteiger charge is 2.41. The molecule has 0 aliphatic carbocycles. The summed E-state index contributed by atoms with van der Waals surface area (Å²) in [5.74, 6) is 1.21. The molecule has 1 saturated heterocycles. The number of benzene rings is 2. The minimum Gasteiger partial charge on any atom is -0.508 e. The molecule has 2 N–H and O–H groups in total. The van der Waals surface area contributed by atoms with Gasteiger partial charge in [-0.15, -0.1) is 0 Å². The molecule has 2 aromatic carbocycles. The number of amides is 1. The van der Waals surface area contributed by atoms with Gasteiger partial charge in [0.25, 0.3) is 0 Å². The second kappa shape index (κ2) is 9.01. The minimum atomic E-state index is -0.461. The maximum absolute atomic E-state index is 11.8. The second-order valence-corrected chi connectivity index (χ2v) is 9.07. The van der Waals surface area contributed by atoms with Gasteiger partial charge in [-0.1, -0.05) is 15.9 Å². The number of likely N-dealkylation sites (tertiary alicyclic amines) is 1. The summed E-state index contributed by atoms with van der Waals surface area (Å²) in [5, 5.41) is 14.3. The first kappa shape index (κ1) is 21.8. The van der Waals surface area contributed by atoms with Crippen LogP contribution in [0.25, 0.3) is 0 Å². The molecule has 6 nitrogen and oxygen atoms in total. The normalized spacial score (nSPS) is 20.4. The molecule has 0 unspecified atom stereocenters. The molecule has 2 aliphatic heterocycles. The Balaban J connectivity index is 1.69. The predicted molar refractivity (Wildman–Crippen MR) is 125 cm³/mol. The molecule has 4 rings (SSSR count). The fourth-order valence-corrected chi connectivity index (χ4v) is 4.82. The van der Waals surface area contributed by atoms with Gasteiger partial charge >= 0.3 is 0 Å². The topological polar surface area (TPSA) is 74.2 Å². The average Bonchev–Trinajstić information content (AvgIpc) is 2.76. The molecule has 1 spiro atoms. The van der Waals surface area contributed by atoms with Crippen LogP contribution in [0.2, 0.25) is 0 Å². The molecule has 2 heterocycles. The Morgan fingerprint density at radius 1 is 1.26 bits per heavy atom. The van der Waals surface area contributed by atoms with E-state index >= 15 is 0 Å². The molecule has 7 heteroatoms. The van der Waals surface area contributed by atoms with Crippen LogP contribution in [0.4, 0.5) is 0 Å². The number of phenols is 1. The maximum Gasteiger partial charge on any atom is 0.219 e. The monoisotopic (exact) mass is 485 g/mol. The van der Waals surface area contributed by atoms with E-state index in [4.69, 9.17) is 9.73 Å². The van der Waals surface area contributed by atoms with Crippen LogP contribution in [0.5, 0.6) is 11.5 Å². The van der Waals surface area contributed by atoms with Crippen LogP contribution in [-0.4, -0.2) is 47.0 Å². The first-order valence-corrected chi connectivity index (χ1v) is 11.5. The van der Waals surface area contributed by atoms with Gasteiger partial charge < -0.3 is 14.7 Å². The SMILES string of the molecule is CCOc1ccc(C2=NC3(CCN(C(C)=O)CC3)N[C@H](c3cc(Br)ccc3O)C2)cc1. The summed E-state index contributed by atoms with van der Waals surface area (Å²) < 4.78 is 6.51. The highest BCUT2D eigenvalue weighted by atomic mass is 79.9. The molecule has 164 valence electrons. The van der Waals surface area contributed by atoms with Crippen LogP contribution in [-0.2, 0) is 4.79 Å². The number of carbonyl (C=O) groups is 1. The number of rotatable bonds is 4. The van der Waals surface area contributed by atoms with Crippen LogP contribution >= 0.6 is 15.9 Å². The Morgan fingerprint density at radius 3 is 2.61 bits per heavy atom. The van der Waals surface area contributed by atoms with Crippen molar-refractivity contribution in [3.05, 3.63) is 58.1 Å². The van der Waals surface area contributed by atoms with Gasteiger partial charge in [-0.25, -0.2) is 0 Å². The number of carbonyl (C=O) groups excluding carboxylic acids is 1. The quantitative estimate of drug-likeness (QED) is 0.672. The zero-order chi connectivity index (χ0) is 22.0. The number of nitrogens with one attached hydrogen (secondary N) is 1. The third-order valence-corrected chi connectivity index (χ3v) is 6.58. The van der Waals surface area contributed by atoms with Gasteiger partial charge in [0.2, 0.25) is 5.91 Å². The minimum absolute atomic E-state index is 0.0829. The number of aliphatic imine (C=N–C) groups is 1. The van der Waals surface area contributed by atoms with Gasteiger partial charge in [0.1, 0.15) is 17.2 Å². The van der Waals surface area contributed by atoms with Crippen LogP contribution < -0.4 is 10.1 Å². The molecule has 0 saturated carbocycles. The number of ether oxygens (including phenoxy) is 1. The van der Waals surface area contributed by atoms with E-state index in [2.05, 4.69) is 21.2 Å². The molecule has 0 aromatic heterocycles. The Bertz CT molecular complexity index is 982. The van der Waals surface area contributed by atoms with Gasteiger partial charge in [0.05, 0.1) is 6.61 Å². The maximum atomic E-state index is 11.8. The first-order chi connectivity index (χ1) is 14.9. The summed E-state index contributed by atoms with van der Waals surface area (Å²) in [6.07, 6.45) is 2.13. The molecule has 2 aromatic rings. The predicted octanol–water partition coefficient (Wildman–Crippen LogP) is 4.42. The number of piperidine rings is 1. The zero-order valence-electron chi connectivity index (χ0n) is 17.9. The molecule has 0 bridgehead atoms. The molecule has 31 heavy (non-hydrogen) atoms. The number of aromatic hydroxyl groups is 1. The lowest BCUT2D eigenvalue weighted by molar-refractivity contribution is -0.130. The van der Waals surface area contributed by atoms with Crippen LogP contribution in [0.3, 0.4) is 0 Å². The van der Waals surface area contributed by atoms with Crippen molar-refractivity contribution in [1.82, 2.24) is 10.2 Å². The number of halogens is 1. The van der Waals surface area contributed by atoms with E-state index in [9.17, 15) is 9.90 Å². The lowest BCUT2D eigenvalue weighted by Crippen LogP contribution is -2.56. The van der Waals surface area contributed by atoms with Crippen LogP contribution in [0, 0.1) is 0 Å². The smallest absolute Gasteiger partial charge is 0.219 e. The van der Waals surface area contributed by atoms with E-state index < -0.39 is 5.66 Å². The van der Waals surface area contributed by atoms with Crippen molar-refractivity contribution in [2.45, 2.75) is 44.8 Å². The Hall–Kier alpha value is -2.38. The van der Waals surface area contributed by atoms with Crippen LogP contribution in [0.15, 0.2) is 51.9 Å². The molecule has 2 aliphatic rings. The summed E-state index contributed by atoms with van der Waals surface area (Å²) in [6.45, 7) is 5.55. The second-order valence-electron chi connectivity index (χ2n) is 8.16. The van der Waals surface area contributed by atoms with E-state index in [0.29, 0.717) is 26.1 Å². The number of nitrogens with zero attached hydrogens (tertiary/aromatic N) is 2. The van der Waals surface area contributed by atoms with Gasteiger partial charge in [0, 0.05) is 61.1 Å². The van der Waals surface area contributed by atoms with Gasteiger partial charge in [-0.05, 0) is 55.0 Å². The number of hydrogen-bond acceptors (Lipinski definition) is 5. The van der Waals surface area contributed by atoms with Crippen LogP contribution in [0.1, 0.15) is 50.3 Å². The fraction of sp³-hybridized carbons (Fsp3) is 0.417. The third kappa shape index (κ3) is 4.77. The van der Waals surface area contributed by atoms with Crippen molar-refractivity contribution in [2.75, 3.05) is 19.7 Å². The lowest BCUT2D eigenvalue weighted by Gasteiger charge is -2.45. The summed E-state index contributed by atoms with van der Waals surface area (Å²) in [5.41, 5.74) is 2.44. The molecular formula is C24H28BrN3O3. The Morgan fingerprint density at radius 2 is 1.97 bits per heavy atom. The third-order valence-electron chi connectivity index (χ3n) is 6.09. The molecule has 0 radical (unpaired) electrons. The van der Waals surface area contributed by atoms with Crippen molar-refractivity contribution < 1.29 is 14.6 Å². The standard InChI is InChI=1S/C24H28BrN3O3/c1-3-31-19-7-4-17(5-8-19)21-15-22(20-14-18(25)6-9-23(20)30)27-24(26-21)10-12-28(13-11-24)16(2)29/h4-9,14,22,27,30H,3,10-13,15H2,1-2H3/t22-/m0/s1. The van der Waals surface area contributed by atoms with Gasteiger partial charge in [0.15, 0.2) is 0 Å². The Labute approximate surface area is 191 Å². The molecule has 1 atom stereocenters. The van der Waals surface area contributed by atoms with Crippen molar-refractivity contribution in [2.24, 2.45) is 4.99 Å². The lowest BCUT2D eigenvalue weighted by atomic mass is 9.87. The van der Waals surface area contributed by atoms with Crippen molar-refractivity contribution in [3.63, 3.8) is 0 Å². The van der Waals surface area contributed by atoms with E-state index in [1.165, 1.54) is 0 Å². The molecule has 1 amide bonds. The highest BCUT2D eigenvalue weighted by molar-refractivity contribution is 9.10. The highest BCUT2D eigenvalue weighted by Crippen LogP contribution is 2.38. The summed E-state index contributed by atoms with van der Waals surface area (Å²) in [6, 6.07) is 13.5.